The first-order chi connectivity index (χ1) is 14.0. The monoisotopic (exact) mass is 436 g/mol. The van der Waals surface area contributed by atoms with Crippen LogP contribution >= 0.6 is 11.6 Å². The highest BCUT2D eigenvalue weighted by molar-refractivity contribution is 6.30. The van der Waals surface area contributed by atoms with Crippen molar-refractivity contribution in [1.29, 1.82) is 0 Å². The first kappa shape index (κ1) is 24.2. The molecule has 0 saturated carbocycles. The molecule has 3 amide bonds. The fraction of sp³-hybridized carbons (Fsp3) is 0.591. The minimum atomic E-state index is -0.708. The SMILES string of the molecule is CNCC(=O)NC(C(=O)N1CCCC1C(=O)NC(C)c1ccc(Cl)cc1)C(C)(C)C. The summed E-state index contributed by atoms with van der Waals surface area (Å²) in [7, 11) is 1.68. The zero-order valence-electron chi connectivity index (χ0n) is 18.4. The van der Waals surface area contributed by atoms with Crippen LogP contribution in [0, 0.1) is 5.41 Å². The van der Waals surface area contributed by atoms with Gasteiger partial charge in [-0.05, 0) is 49.9 Å². The zero-order valence-corrected chi connectivity index (χ0v) is 19.2. The van der Waals surface area contributed by atoms with E-state index in [-0.39, 0.29) is 30.3 Å². The molecule has 0 spiro atoms. The Labute approximate surface area is 183 Å². The average molecular weight is 437 g/mol. The molecule has 2 rings (SSSR count). The minimum Gasteiger partial charge on any atom is -0.348 e. The van der Waals surface area contributed by atoms with E-state index in [9.17, 15) is 14.4 Å². The van der Waals surface area contributed by atoms with E-state index in [2.05, 4.69) is 16.0 Å². The van der Waals surface area contributed by atoms with Crippen LogP contribution < -0.4 is 16.0 Å². The second-order valence-electron chi connectivity index (χ2n) is 8.87. The minimum absolute atomic E-state index is 0.127. The summed E-state index contributed by atoms with van der Waals surface area (Å²) >= 11 is 5.94. The highest BCUT2D eigenvalue weighted by Crippen LogP contribution is 2.26. The van der Waals surface area contributed by atoms with E-state index in [1.165, 1.54) is 0 Å². The Kier molecular flexibility index (Phi) is 8.26. The summed E-state index contributed by atoms with van der Waals surface area (Å²) in [5, 5.41) is 9.27. The van der Waals surface area contributed by atoms with Crippen molar-refractivity contribution < 1.29 is 14.4 Å². The molecule has 166 valence electrons. The van der Waals surface area contributed by atoms with Gasteiger partial charge < -0.3 is 20.9 Å². The van der Waals surface area contributed by atoms with Crippen LogP contribution in [0.3, 0.4) is 0 Å². The van der Waals surface area contributed by atoms with Crippen molar-refractivity contribution in [3.8, 4) is 0 Å². The predicted molar refractivity (Wildman–Crippen MR) is 118 cm³/mol. The van der Waals surface area contributed by atoms with E-state index >= 15 is 0 Å². The molecular formula is C22H33ClN4O3. The number of hydrogen-bond acceptors (Lipinski definition) is 4. The summed E-state index contributed by atoms with van der Waals surface area (Å²) in [6.07, 6.45) is 1.35. The van der Waals surface area contributed by atoms with Gasteiger partial charge in [-0.1, -0.05) is 44.5 Å². The van der Waals surface area contributed by atoms with Gasteiger partial charge in [0.15, 0.2) is 0 Å². The van der Waals surface area contributed by atoms with Crippen LogP contribution in [-0.2, 0) is 14.4 Å². The molecule has 1 heterocycles. The highest BCUT2D eigenvalue weighted by atomic mass is 35.5. The second-order valence-corrected chi connectivity index (χ2v) is 9.30. The molecule has 1 fully saturated rings. The van der Waals surface area contributed by atoms with Gasteiger partial charge in [-0.3, -0.25) is 14.4 Å². The summed E-state index contributed by atoms with van der Waals surface area (Å²) in [4.78, 5) is 40.1. The van der Waals surface area contributed by atoms with Gasteiger partial charge in [0, 0.05) is 11.6 Å². The van der Waals surface area contributed by atoms with Crippen LogP contribution in [0.5, 0.6) is 0 Å². The zero-order chi connectivity index (χ0) is 22.5. The molecule has 1 aliphatic heterocycles. The number of likely N-dealkylation sites (N-methyl/N-ethyl adjacent to an activating group) is 1. The van der Waals surface area contributed by atoms with Gasteiger partial charge in [0.25, 0.3) is 0 Å². The number of carbonyl (C=O) groups excluding carboxylic acids is 3. The van der Waals surface area contributed by atoms with E-state index in [1.54, 1.807) is 24.1 Å². The molecule has 0 radical (unpaired) electrons. The molecule has 0 bridgehead atoms. The fourth-order valence-electron chi connectivity index (χ4n) is 3.63. The van der Waals surface area contributed by atoms with E-state index < -0.39 is 17.5 Å². The summed E-state index contributed by atoms with van der Waals surface area (Å²) < 4.78 is 0. The Bertz CT molecular complexity index is 761. The van der Waals surface area contributed by atoms with Crippen molar-refractivity contribution in [3.05, 3.63) is 34.9 Å². The summed E-state index contributed by atoms with van der Waals surface area (Å²) in [5.74, 6) is -0.649. The van der Waals surface area contributed by atoms with E-state index in [0.29, 0.717) is 18.0 Å². The number of amides is 3. The maximum absolute atomic E-state index is 13.3. The number of benzene rings is 1. The quantitative estimate of drug-likeness (QED) is 0.611. The van der Waals surface area contributed by atoms with E-state index in [0.717, 1.165) is 12.0 Å². The molecule has 1 aliphatic rings. The summed E-state index contributed by atoms with van der Waals surface area (Å²) in [5.41, 5.74) is 0.455. The topological polar surface area (TPSA) is 90.5 Å². The number of nitrogens with zero attached hydrogens (tertiary/aromatic N) is 1. The van der Waals surface area contributed by atoms with E-state index in [4.69, 9.17) is 11.6 Å². The van der Waals surface area contributed by atoms with Crippen molar-refractivity contribution in [2.24, 2.45) is 5.41 Å². The van der Waals surface area contributed by atoms with Gasteiger partial charge in [-0.25, -0.2) is 0 Å². The standard InChI is InChI=1S/C22H33ClN4O3/c1-14(15-8-10-16(23)11-9-15)25-20(29)17-7-6-12-27(17)21(30)19(22(2,3)4)26-18(28)13-24-5/h8-11,14,17,19,24H,6-7,12-13H2,1-5H3,(H,25,29)(H,26,28). The van der Waals surface area contributed by atoms with Crippen molar-refractivity contribution >= 4 is 29.3 Å². The third-order valence-electron chi connectivity index (χ3n) is 5.32. The molecule has 8 heteroatoms. The smallest absolute Gasteiger partial charge is 0.246 e. The van der Waals surface area contributed by atoms with Crippen LogP contribution in [0.15, 0.2) is 24.3 Å². The molecular weight excluding hydrogens is 404 g/mol. The maximum atomic E-state index is 13.3. The van der Waals surface area contributed by atoms with Crippen LogP contribution in [0.25, 0.3) is 0 Å². The van der Waals surface area contributed by atoms with Gasteiger partial charge >= 0.3 is 0 Å². The first-order valence-corrected chi connectivity index (χ1v) is 10.7. The Morgan fingerprint density at radius 3 is 2.37 bits per heavy atom. The first-order valence-electron chi connectivity index (χ1n) is 10.3. The lowest BCUT2D eigenvalue weighted by molar-refractivity contribution is -0.144. The Balaban J connectivity index is 2.11. The molecule has 1 aromatic rings. The predicted octanol–water partition coefficient (Wildman–Crippen LogP) is 2.26. The van der Waals surface area contributed by atoms with Gasteiger partial charge in [-0.15, -0.1) is 0 Å². The Morgan fingerprint density at radius 1 is 1.17 bits per heavy atom. The van der Waals surface area contributed by atoms with Crippen LogP contribution in [0.2, 0.25) is 5.02 Å². The van der Waals surface area contributed by atoms with Crippen molar-refractivity contribution in [2.75, 3.05) is 20.1 Å². The molecule has 1 saturated heterocycles. The highest BCUT2D eigenvalue weighted by Gasteiger charge is 2.41. The lowest BCUT2D eigenvalue weighted by atomic mass is 9.85. The van der Waals surface area contributed by atoms with Crippen molar-refractivity contribution in [2.45, 2.75) is 58.7 Å². The Hall–Kier alpha value is -2.12. The number of hydrogen-bond donors (Lipinski definition) is 3. The summed E-state index contributed by atoms with van der Waals surface area (Å²) in [6.45, 7) is 8.25. The lowest BCUT2D eigenvalue weighted by Gasteiger charge is -2.35. The second kappa shape index (κ2) is 10.3. The molecule has 30 heavy (non-hydrogen) atoms. The third kappa shape index (κ3) is 6.19. The largest absolute Gasteiger partial charge is 0.348 e. The summed E-state index contributed by atoms with van der Waals surface area (Å²) in [6, 6.07) is 5.86. The van der Waals surface area contributed by atoms with Crippen molar-refractivity contribution in [3.63, 3.8) is 0 Å². The average Bonchev–Trinajstić information content (AvgIpc) is 3.15. The fourth-order valence-corrected chi connectivity index (χ4v) is 3.76. The van der Waals surface area contributed by atoms with Crippen LogP contribution in [0.1, 0.15) is 52.1 Å². The van der Waals surface area contributed by atoms with Gasteiger partial charge in [-0.2, -0.15) is 0 Å². The molecule has 0 aliphatic carbocycles. The van der Waals surface area contributed by atoms with Gasteiger partial charge in [0.05, 0.1) is 12.6 Å². The number of carbonyl (C=O) groups is 3. The molecule has 0 aromatic heterocycles. The van der Waals surface area contributed by atoms with Crippen LogP contribution in [0.4, 0.5) is 0 Å². The molecule has 3 atom stereocenters. The third-order valence-corrected chi connectivity index (χ3v) is 5.57. The van der Waals surface area contributed by atoms with Gasteiger partial charge in [0.2, 0.25) is 17.7 Å². The normalized spacial score (nSPS) is 18.6. The Morgan fingerprint density at radius 2 is 1.80 bits per heavy atom. The molecule has 3 unspecified atom stereocenters. The number of likely N-dealkylation sites (tertiary alicyclic amines) is 1. The number of halogens is 1. The molecule has 7 nitrogen and oxygen atoms in total. The number of rotatable bonds is 7. The maximum Gasteiger partial charge on any atom is 0.246 e. The molecule has 1 aromatic carbocycles. The van der Waals surface area contributed by atoms with Crippen molar-refractivity contribution in [1.82, 2.24) is 20.9 Å². The lowest BCUT2D eigenvalue weighted by Crippen LogP contribution is -2.58. The van der Waals surface area contributed by atoms with Crippen LogP contribution in [-0.4, -0.2) is 54.8 Å². The molecule has 3 N–H and O–H groups in total. The van der Waals surface area contributed by atoms with E-state index in [1.807, 2.05) is 39.8 Å². The number of nitrogens with one attached hydrogen (secondary N) is 3. The van der Waals surface area contributed by atoms with Gasteiger partial charge in [0.1, 0.15) is 12.1 Å².